The number of methoxy groups -OCH3 is 1. The molecule has 0 saturated heterocycles. The van der Waals surface area contributed by atoms with Crippen molar-refractivity contribution in [2.75, 3.05) is 19.0 Å². The van der Waals surface area contributed by atoms with E-state index in [2.05, 4.69) is 27.3 Å². The fourth-order valence-corrected chi connectivity index (χ4v) is 2.45. The largest absolute Gasteiger partial charge is 0.490 e. The second-order valence-corrected chi connectivity index (χ2v) is 5.00. The molecule has 0 aliphatic heterocycles. The molecule has 102 valence electrons. The van der Waals surface area contributed by atoms with Crippen LogP contribution in [0.15, 0.2) is 28.6 Å². The molecule has 0 aromatic carbocycles. The van der Waals surface area contributed by atoms with E-state index in [0.717, 1.165) is 28.7 Å². The minimum absolute atomic E-state index is 0.671. The molecule has 2 heterocycles. The summed E-state index contributed by atoms with van der Waals surface area (Å²) in [7, 11) is 3.51. The van der Waals surface area contributed by atoms with Gasteiger partial charge in [0, 0.05) is 19.8 Å². The molecule has 0 bridgehead atoms. The maximum Gasteiger partial charge on any atom is 0.194 e. The van der Waals surface area contributed by atoms with Crippen LogP contribution in [0, 0.1) is 0 Å². The molecule has 2 aromatic rings. The van der Waals surface area contributed by atoms with Crippen LogP contribution in [-0.2, 0) is 7.05 Å². The quantitative estimate of drug-likeness (QED) is 0.818. The molecule has 0 spiro atoms. The Morgan fingerprint density at radius 3 is 2.89 bits per heavy atom. The third-order valence-electron chi connectivity index (χ3n) is 2.41. The first-order valence-corrected chi connectivity index (χ1v) is 6.85. The molecule has 0 atom stereocenters. The highest BCUT2D eigenvalue weighted by Crippen LogP contribution is 2.36. The van der Waals surface area contributed by atoms with Crippen molar-refractivity contribution in [3.05, 3.63) is 18.7 Å². The number of aromatic nitrogens is 4. The van der Waals surface area contributed by atoms with Crippen molar-refractivity contribution in [3.63, 3.8) is 0 Å². The van der Waals surface area contributed by atoms with Gasteiger partial charge in [0.1, 0.15) is 11.4 Å². The fourth-order valence-electron chi connectivity index (χ4n) is 1.55. The van der Waals surface area contributed by atoms with Crippen LogP contribution in [-0.4, -0.2) is 33.4 Å². The van der Waals surface area contributed by atoms with Gasteiger partial charge < -0.3 is 10.1 Å². The number of hydrogen-bond acceptors (Lipinski definition) is 6. The summed E-state index contributed by atoms with van der Waals surface area (Å²) < 4.78 is 7.17. The minimum Gasteiger partial charge on any atom is -0.490 e. The van der Waals surface area contributed by atoms with Crippen molar-refractivity contribution in [3.8, 4) is 5.75 Å². The first kappa shape index (κ1) is 13.7. The summed E-state index contributed by atoms with van der Waals surface area (Å²) in [6, 6.07) is 0. The lowest BCUT2D eigenvalue weighted by atomic mass is 10.4. The maximum absolute atomic E-state index is 5.42. The van der Waals surface area contributed by atoms with E-state index in [4.69, 9.17) is 4.74 Å². The van der Waals surface area contributed by atoms with Crippen molar-refractivity contribution in [2.24, 2.45) is 7.05 Å². The summed E-state index contributed by atoms with van der Waals surface area (Å²) in [5, 5.41) is 8.15. The van der Waals surface area contributed by atoms with Gasteiger partial charge in [0.25, 0.3) is 0 Å². The molecule has 7 heteroatoms. The van der Waals surface area contributed by atoms with Gasteiger partial charge in [-0.3, -0.25) is 4.68 Å². The average Bonchev–Trinajstić information content (AvgIpc) is 2.82. The molecule has 19 heavy (non-hydrogen) atoms. The van der Waals surface area contributed by atoms with Crippen LogP contribution in [0.5, 0.6) is 5.75 Å². The number of nitrogens with one attached hydrogen (secondary N) is 1. The van der Waals surface area contributed by atoms with E-state index in [9.17, 15) is 0 Å². The van der Waals surface area contributed by atoms with Crippen LogP contribution in [0.3, 0.4) is 0 Å². The van der Waals surface area contributed by atoms with E-state index < -0.39 is 0 Å². The summed E-state index contributed by atoms with van der Waals surface area (Å²) >= 11 is 1.51. The molecule has 0 fully saturated rings. The monoisotopic (exact) mass is 279 g/mol. The molecular weight excluding hydrogens is 262 g/mol. The van der Waals surface area contributed by atoms with Crippen LogP contribution in [0.1, 0.15) is 13.3 Å². The van der Waals surface area contributed by atoms with Crippen LogP contribution in [0.25, 0.3) is 0 Å². The fraction of sp³-hybridized carbons (Fsp3) is 0.417. The van der Waals surface area contributed by atoms with Gasteiger partial charge in [0.2, 0.25) is 0 Å². The van der Waals surface area contributed by atoms with Gasteiger partial charge in [-0.15, -0.1) is 0 Å². The number of aryl methyl sites for hydroxylation is 1. The highest BCUT2D eigenvalue weighted by molar-refractivity contribution is 7.99. The third-order valence-corrected chi connectivity index (χ3v) is 3.34. The molecule has 2 aromatic heterocycles. The smallest absolute Gasteiger partial charge is 0.194 e. The Kier molecular flexibility index (Phi) is 4.62. The minimum atomic E-state index is 0.671. The summed E-state index contributed by atoms with van der Waals surface area (Å²) in [4.78, 5) is 9.50. The number of rotatable bonds is 6. The van der Waals surface area contributed by atoms with Gasteiger partial charge in [-0.05, 0) is 6.42 Å². The molecule has 0 amide bonds. The topological polar surface area (TPSA) is 64.9 Å². The van der Waals surface area contributed by atoms with Crippen molar-refractivity contribution >= 4 is 17.6 Å². The summed E-state index contributed by atoms with van der Waals surface area (Å²) in [6.45, 7) is 2.95. The van der Waals surface area contributed by atoms with Crippen molar-refractivity contribution in [1.82, 2.24) is 19.7 Å². The lowest BCUT2D eigenvalue weighted by Gasteiger charge is -2.11. The first-order chi connectivity index (χ1) is 9.24. The molecule has 0 radical (unpaired) electrons. The van der Waals surface area contributed by atoms with Crippen molar-refractivity contribution < 1.29 is 4.74 Å². The Bertz CT molecular complexity index is 543. The summed E-state index contributed by atoms with van der Waals surface area (Å²) in [6.07, 6.45) is 6.30. The Morgan fingerprint density at radius 1 is 1.42 bits per heavy atom. The molecular formula is C12H17N5OS. The van der Waals surface area contributed by atoms with Gasteiger partial charge in [-0.2, -0.15) is 5.10 Å². The average molecular weight is 279 g/mol. The van der Waals surface area contributed by atoms with Gasteiger partial charge >= 0.3 is 0 Å². The van der Waals surface area contributed by atoms with E-state index in [0.29, 0.717) is 5.75 Å². The second kappa shape index (κ2) is 6.42. The molecule has 0 unspecified atom stereocenters. The van der Waals surface area contributed by atoms with Crippen molar-refractivity contribution in [1.29, 1.82) is 0 Å². The number of ether oxygens (including phenoxy) is 1. The van der Waals surface area contributed by atoms with Gasteiger partial charge in [-0.1, -0.05) is 18.7 Å². The van der Waals surface area contributed by atoms with Gasteiger partial charge in [0.15, 0.2) is 11.6 Å². The van der Waals surface area contributed by atoms with E-state index in [1.165, 1.54) is 11.8 Å². The zero-order valence-electron chi connectivity index (χ0n) is 11.3. The number of hydrogen-bond donors (Lipinski definition) is 1. The van der Waals surface area contributed by atoms with E-state index in [-0.39, 0.29) is 0 Å². The van der Waals surface area contributed by atoms with Crippen molar-refractivity contribution in [2.45, 2.75) is 23.3 Å². The Morgan fingerprint density at radius 2 is 2.26 bits per heavy atom. The van der Waals surface area contributed by atoms with Crippen LogP contribution in [0.4, 0.5) is 5.82 Å². The van der Waals surface area contributed by atoms with Crippen LogP contribution >= 0.6 is 11.8 Å². The zero-order chi connectivity index (χ0) is 13.7. The normalized spacial score (nSPS) is 10.5. The number of anilines is 1. The predicted octanol–water partition coefficient (Wildman–Crippen LogP) is 2.19. The molecule has 2 rings (SSSR count). The Labute approximate surface area is 116 Å². The standard InChI is InChI=1S/C12H17N5OS/c1-4-5-13-11-10(18-3)12(15-8-14-11)19-9-6-16-17(2)7-9/h6-8H,4-5H2,1-3H3,(H,13,14,15). The zero-order valence-corrected chi connectivity index (χ0v) is 12.1. The lowest BCUT2D eigenvalue weighted by Crippen LogP contribution is -2.05. The van der Waals surface area contributed by atoms with Crippen LogP contribution < -0.4 is 10.1 Å². The Balaban J connectivity index is 2.24. The third kappa shape index (κ3) is 3.37. The summed E-state index contributed by atoms with van der Waals surface area (Å²) in [5.41, 5.74) is 0. The highest BCUT2D eigenvalue weighted by atomic mass is 32.2. The Hall–Kier alpha value is -1.76. The first-order valence-electron chi connectivity index (χ1n) is 6.04. The van der Waals surface area contributed by atoms with E-state index in [1.807, 2.05) is 13.2 Å². The van der Waals surface area contributed by atoms with E-state index in [1.54, 1.807) is 24.3 Å². The molecule has 0 aliphatic rings. The van der Waals surface area contributed by atoms with Crippen LogP contribution in [0.2, 0.25) is 0 Å². The summed E-state index contributed by atoms with van der Waals surface area (Å²) in [5.74, 6) is 1.40. The maximum atomic E-state index is 5.42. The van der Waals surface area contributed by atoms with E-state index >= 15 is 0 Å². The number of nitrogens with zero attached hydrogens (tertiary/aromatic N) is 4. The molecule has 0 aliphatic carbocycles. The predicted molar refractivity (Wildman–Crippen MR) is 74.7 cm³/mol. The van der Waals surface area contributed by atoms with Gasteiger partial charge in [-0.25, -0.2) is 9.97 Å². The second-order valence-electron chi connectivity index (χ2n) is 3.94. The molecule has 0 saturated carbocycles. The molecule has 1 N–H and O–H groups in total. The molecule has 6 nitrogen and oxygen atoms in total. The SMILES string of the molecule is CCCNc1ncnc(Sc2cnn(C)c2)c1OC. The lowest BCUT2D eigenvalue weighted by molar-refractivity contribution is 0.400. The van der Waals surface area contributed by atoms with Gasteiger partial charge in [0.05, 0.1) is 18.2 Å². The highest BCUT2D eigenvalue weighted by Gasteiger charge is 2.13.